The molecule has 0 saturated heterocycles. The first-order chi connectivity index (χ1) is 14.6. The van der Waals surface area contributed by atoms with Crippen molar-refractivity contribution in [2.45, 2.75) is 12.5 Å². The number of carbonyl (C=O) groups excluding carboxylic acids is 1. The fourth-order valence-corrected chi connectivity index (χ4v) is 4.66. The highest BCUT2D eigenvalue weighted by molar-refractivity contribution is 7.10. The molecule has 0 aliphatic carbocycles. The molecule has 0 bridgehead atoms. The van der Waals surface area contributed by atoms with Crippen LogP contribution in [0.2, 0.25) is 0 Å². The fourth-order valence-electron chi connectivity index (χ4n) is 3.81. The van der Waals surface area contributed by atoms with Gasteiger partial charge in [-0.1, -0.05) is 18.2 Å². The Balaban J connectivity index is 1.71. The van der Waals surface area contributed by atoms with Crippen LogP contribution >= 0.6 is 11.3 Å². The van der Waals surface area contributed by atoms with Crippen LogP contribution in [0.25, 0.3) is 6.08 Å². The van der Waals surface area contributed by atoms with Crippen LogP contribution in [0.1, 0.15) is 27.6 Å². The van der Waals surface area contributed by atoms with E-state index < -0.39 is 0 Å². The number of hydrogen-bond donors (Lipinski definition) is 0. The van der Waals surface area contributed by atoms with Crippen LogP contribution in [0, 0.1) is 5.82 Å². The summed E-state index contributed by atoms with van der Waals surface area (Å²) in [6.07, 6.45) is 3.89. The topological polar surface area (TPSA) is 38.8 Å². The number of halogens is 1. The van der Waals surface area contributed by atoms with Crippen molar-refractivity contribution >= 4 is 23.3 Å². The molecule has 1 amide bonds. The molecule has 0 radical (unpaired) electrons. The Morgan fingerprint density at radius 2 is 1.93 bits per heavy atom. The van der Waals surface area contributed by atoms with E-state index in [-0.39, 0.29) is 17.8 Å². The molecular formula is C24H22FNO3S. The maximum absolute atomic E-state index is 13.4. The van der Waals surface area contributed by atoms with Crippen LogP contribution in [0.15, 0.2) is 60.0 Å². The van der Waals surface area contributed by atoms with Crippen molar-refractivity contribution in [1.29, 1.82) is 0 Å². The van der Waals surface area contributed by atoms with E-state index in [9.17, 15) is 9.18 Å². The number of methoxy groups -OCH3 is 2. The van der Waals surface area contributed by atoms with E-state index in [1.807, 2.05) is 34.5 Å². The maximum Gasteiger partial charge on any atom is 0.247 e. The zero-order valence-corrected chi connectivity index (χ0v) is 17.6. The number of fused-ring (bicyclic) bond motifs is 1. The van der Waals surface area contributed by atoms with Crippen molar-refractivity contribution in [2.75, 3.05) is 20.8 Å². The van der Waals surface area contributed by atoms with Crippen molar-refractivity contribution in [3.05, 3.63) is 87.4 Å². The molecule has 0 N–H and O–H groups in total. The van der Waals surface area contributed by atoms with E-state index in [1.165, 1.54) is 18.2 Å². The highest BCUT2D eigenvalue weighted by Crippen LogP contribution is 2.42. The van der Waals surface area contributed by atoms with Gasteiger partial charge in [-0.3, -0.25) is 4.79 Å². The van der Waals surface area contributed by atoms with Gasteiger partial charge >= 0.3 is 0 Å². The standard InChI is InChI=1S/C24H22FNO3S/c1-28-20-14-17-10-11-26(23(27)9-8-16-5-3-6-18(25)13-16)24(22-7-4-12-30-22)19(17)15-21(20)29-2/h3-9,12-15,24H,10-11H2,1-2H3. The third kappa shape index (κ3) is 3.96. The molecule has 2 aromatic carbocycles. The number of benzene rings is 2. The molecule has 0 spiro atoms. The van der Waals surface area contributed by atoms with Crippen molar-refractivity contribution in [3.63, 3.8) is 0 Å². The minimum absolute atomic E-state index is 0.113. The quantitative estimate of drug-likeness (QED) is 0.537. The molecule has 0 fully saturated rings. The first-order valence-electron chi connectivity index (χ1n) is 9.63. The van der Waals surface area contributed by atoms with E-state index in [1.54, 1.807) is 43.8 Å². The highest BCUT2D eigenvalue weighted by Gasteiger charge is 2.33. The summed E-state index contributed by atoms with van der Waals surface area (Å²) in [6, 6.07) is 14.0. The van der Waals surface area contributed by atoms with Crippen molar-refractivity contribution in [3.8, 4) is 11.5 Å². The third-order valence-corrected chi connectivity index (χ3v) is 6.16. The lowest BCUT2D eigenvalue weighted by atomic mass is 9.90. The molecule has 0 saturated carbocycles. The Kier molecular flexibility index (Phi) is 5.86. The van der Waals surface area contributed by atoms with Gasteiger partial charge in [-0.25, -0.2) is 4.39 Å². The van der Waals surface area contributed by atoms with Gasteiger partial charge in [0.05, 0.1) is 20.3 Å². The molecule has 1 atom stereocenters. The summed E-state index contributed by atoms with van der Waals surface area (Å²) in [5.41, 5.74) is 2.83. The average Bonchev–Trinajstić information content (AvgIpc) is 3.30. The minimum Gasteiger partial charge on any atom is -0.493 e. The van der Waals surface area contributed by atoms with Crippen molar-refractivity contribution in [2.24, 2.45) is 0 Å². The molecule has 1 aliphatic heterocycles. The fraction of sp³-hybridized carbons (Fsp3) is 0.208. The van der Waals surface area contributed by atoms with Crippen LogP contribution in [-0.2, 0) is 11.2 Å². The Bertz CT molecular complexity index is 1080. The summed E-state index contributed by atoms with van der Waals surface area (Å²) in [6.45, 7) is 0.581. The molecular weight excluding hydrogens is 401 g/mol. The number of hydrogen-bond acceptors (Lipinski definition) is 4. The second-order valence-electron chi connectivity index (χ2n) is 6.99. The Labute approximate surface area is 179 Å². The molecule has 1 unspecified atom stereocenters. The number of amides is 1. The van der Waals surface area contributed by atoms with E-state index >= 15 is 0 Å². The Morgan fingerprint density at radius 3 is 2.63 bits per heavy atom. The molecule has 2 heterocycles. The van der Waals surface area contributed by atoms with E-state index in [0.717, 1.165) is 22.4 Å². The Morgan fingerprint density at radius 1 is 1.13 bits per heavy atom. The predicted molar refractivity (Wildman–Crippen MR) is 117 cm³/mol. The van der Waals surface area contributed by atoms with Gasteiger partial charge in [0.25, 0.3) is 0 Å². The first-order valence-corrected chi connectivity index (χ1v) is 10.5. The van der Waals surface area contributed by atoms with Crippen molar-refractivity contribution < 1.29 is 18.7 Å². The largest absolute Gasteiger partial charge is 0.493 e. The van der Waals surface area contributed by atoms with Crippen LogP contribution in [0.5, 0.6) is 11.5 Å². The molecule has 30 heavy (non-hydrogen) atoms. The molecule has 6 heteroatoms. The number of ether oxygens (including phenoxy) is 2. The van der Waals surface area contributed by atoms with Gasteiger partial charge in [0.1, 0.15) is 5.82 Å². The van der Waals surface area contributed by atoms with Crippen LogP contribution in [0.3, 0.4) is 0 Å². The molecule has 4 nitrogen and oxygen atoms in total. The monoisotopic (exact) mass is 423 g/mol. The van der Waals surface area contributed by atoms with Gasteiger partial charge in [0.2, 0.25) is 5.91 Å². The van der Waals surface area contributed by atoms with Crippen molar-refractivity contribution in [1.82, 2.24) is 4.90 Å². The van der Waals surface area contributed by atoms with E-state index in [0.29, 0.717) is 23.6 Å². The summed E-state index contributed by atoms with van der Waals surface area (Å²) < 4.78 is 24.4. The number of nitrogens with zero attached hydrogens (tertiary/aromatic N) is 1. The van der Waals surface area contributed by atoms with Gasteiger partial charge in [0.15, 0.2) is 11.5 Å². The lowest BCUT2D eigenvalue weighted by Gasteiger charge is -2.37. The number of thiophene rings is 1. The summed E-state index contributed by atoms with van der Waals surface area (Å²) in [5, 5.41) is 2.01. The molecule has 3 aromatic rings. The van der Waals surface area contributed by atoms with Gasteiger partial charge in [-0.2, -0.15) is 0 Å². The Hall–Kier alpha value is -3.12. The first kappa shape index (κ1) is 20.2. The highest BCUT2D eigenvalue weighted by atomic mass is 32.1. The van der Waals surface area contributed by atoms with E-state index in [4.69, 9.17) is 9.47 Å². The summed E-state index contributed by atoms with van der Waals surface area (Å²) in [4.78, 5) is 16.1. The zero-order chi connectivity index (χ0) is 21.1. The summed E-state index contributed by atoms with van der Waals surface area (Å²) >= 11 is 1.61. The maximum atomic E-state index is 13.4. The predicted octanol–water partition coefficient (Wildman–Crippen LogP) is 5.09. The second kappa shape index (κ2) is 8.71. The zero-order valence-electron chi connectivity index (χ0n) is 16.8. The minimum atomic E-state index is -0.325. The normalized spacial score (nSPS) is 15.8. The molecule has 4 rings (SSSR count). The van der Waals surface area contributed by atoms with Crippen LogP contribution < -0.4 is 9.47 Å². The lowest BCUT2D eigenvalue weighted by molar-refractivity contribution is -0.127. The average molecular weight is 424 g/mol. The SMILES string of the molecule is COc1cc2c(cc1OC)C(c1cccs1)N(C(=O)C=Cc1cccc(F)c1)CC2. The second-order valence-corrected chi connectivity index (χ2v) is 7.97. The molecule has 1 aromatic heterocycles. The molecule has 1 aliphatic rings. The number of rotatable bonds is 5. The third-order valence-electron chi connectivity index (χ3n) is 5.24. The number of carbonyl (C=O) groups is 1. The van der Waals surface area contributed by atoms with Crippen LogP contribution in [-0.4, -0.2) is 31.6 Å². The summed E-state index contributed by atoms with van der Waals surface area (Å²) in [7, 11) is 3.23. The van der Waals surface area contributed by atoms with E-state index in [2.05, 4.69) is 0 Å². The molecule has 154 valence electrons. The smallest absolute Gasteiger partial charge is 0.247 e. The van der Waals surface area contributed by atoms with Gasteiger partial charge in [0, 0.05) is 17.5 Å². The van der Waals surface area contributed by atoms with Crippen LogP contribution in [0.4, 0.5) is 4.39 Å². The van der Waals surface area contributed by atoms with Gasteiger partial charge in [-0.15, -0.1) is 11.3 Å². The lowest BCUT2D eigenvalue weighted by Crippen LogP contribution is -2.39. The van der Waals surface area contributed by atoms with Gasteiger partial charge in [-0.05, 0) is 64.9 Å². The summed E-state index contributed by atoms with van der Waals surface area (Å²) in [5.74, 6) is 0.890. The van der Waals surface area contributed by atoms with Gasteiger partial charge < -0.3 is 14.4 Å².